The summed E-state index contributed by atoms with van der Waals surface area (Å²) in [5.74, 6) is 1.63. The molecule has 0 aliphatic heterocycles. The molecule has 0 aliphatic carbocycles. The summed E-state index contributed by atoms with van der Waals surface area (Å²) in [6, 6.07) is 0. The van der Waals surface area contributed by atoms with E-state index < -0.39 is 0 Å². The number of aromatic nitrogens is 2. The summed E-state index contributed by atoms with van der Waals surface area (Å²) in [6.07, 6.45) is 63.8. The van der Waals surface area contributed by atoms with Gasteiger partial charge >= 0.3 is 0 Å². The topological polar surface area (TPSA) is 8.81 Å². The first-order valence-corrected chi connectivity index (χ1v) is 24.4. The average Bonchev–Trinajstić information content (AvgIpc) is 3.53. The number of imidazole rings is 1. The van der Waals surface area contributed by atoms with Gasteiger partial charge < -0.3 is 0 Å². The Kier molecular flexibility index (Phi) is 38.2. The monoisotopic (exact) mass is 714 g/mol. The number of hydrogen-bond acceptors (Lipinski definition) is 0. The van der Waals surface area contributed by atoms with Crippen molar-refractivity contribution in [3.63, 3.8) is 0 Å². The van der Waals surface area contributed by atoms with Crippen LogP contribution in [-0.2, 0) is 19.5 Å². The quantitative estimate of drug-likeness (QED) is 0.0471. The highest BCUT2D eigenvalue weighted by atomic mass is 15.1. The molecule has 1 aromatic rings. The van der Waals surface area contributed by atoms with Gasteiger partial charge in [0.2, 0.25) is 0 Å². The van der Waals surface area contributed by atoms with Crippen LogP contribution in [-0.4, -0.2) is 4.57 Å². The summed E-state index contributed by atoms with van der Waals surface area (Å²) in [5.41, 5.74) is 0. The summed E-state index contributed by atoms with van der Waals surface area (Å²) >= 11 is 0. The third-order valence-corrected chi connectivity index (χ3v) is 11.8. The lowest BCUT2D eigenvalue weighted by molar-refractivity contribution is -0.704. The number of hydrogen-bond donors (Lipinski definition) is 0. The SMILES string of the molecule is CCCCCCCCCCCCCCCCCCCc1n(CCCCCCCCCCC)cc[n+]1CCCCCCCCCCCCCCCC. The summed E-state index contributed by atoms with van der Waals surface area (Å²) in [4.78, 5) is 0. The molecule has 0 amide bonds. The van der Waals surface area contributed by atoms with Gasteiger partial charge in [0.1, 0.15) is 12.4 Å². The maximum Gasteiger partial charge on any atom is 0.256 e. The maximum absolute atomic E-state index is 2.65. The number of aryl methyl sites for hydroxylation is 2. The van der Waals surface area contributed by atoms with Gasteiger partial charge in [0.05, 0.1) is 13.1 Å². The molecule has 0 fully saturated rings. The Morgan fingerprint density at radius 2 is 0.608 bits per heavy atom. The smallest absolute Gasteiger partial charge is 0.234 e. The normalized spacial score (nSPS) is 11.7. The minimum atomic E-state index is 1.23. The Bertz CT molecular complexity index is 781. The predicted octanol–water partition coefficient (Wildman–Crippen LogP) is 17.0. The first-order chi connectivity index (χ1) is 25.3. The van der Waals surface area contributed by atoms with E-state index in [0.29, 0.717) is 0 Å². The first-order valence-electron chi connectivity index (χ1n) is 24.4. The van der Waals surface area contributed by atoms with Gasteiger partial charge in [-0.05, 0) is 32.1 Å². The van der Waals surface area contributed by atoms with Crippen LogP contribution in [0, 0.1) is 0 Å². The van der Waals surface area contributed by atoms with Crippen molar-refractivity contribution in [2.45, 2.75) is 297 Å². The van der Waals surface area contributed by atoms with E-state index in [1.807, 2.05) is 0 Å². The van der Waals surface area contributed by atoms with E-state index >= 15 is 0 Å². The molecule has 302 valence electrons. The van der Waals surface area contributed by atoms with E-state index in [2.05, 4.69) is 42.3 Å². The van der Waals surface area contributed by atoms with Crippen LogP contribution >= 0.6 is 0 Å². The minimum Gasteiger partial charge on any atom is -0.234 e. The molecule has 0 radical (unpaired) electrons. The number of nitrogens with zero attached hydrogens (tertiary/aromatic N) is 2. The fourth-order valence-electron chi connectivity index (χ4n) is 8.27. The van der Waals surface area contributed by atoms with Crippen molar-refractivity contribution in [2.75, 3.05) is 0 Å². The van der Waals surface area contributed by atoms with Gasteiger partial charge in [-0.2, -0.15) is 0 Å². The van der Waals surface area contributed by atoms with Gasteiger partial charge in [0.25, 0.3) is 5.82 Å². The van der Waals surface area contributed by atoms with Crippen LogP contribution in [0.1, 0.15) is 283 Å². The highest BCUT2D eigenvalue weighted by molar-refractivity contribution is 4.84. The van der Waals surface area contributed by atoms with Crippen molar-refractivity contribution in [1.29, 1.82) is 0 Å². The first kappa shape index (κ1) is 48.2. The third kappa shape index (κ3) is 32.4. The summed E-state index contributed by atoms with van der Waals surface area (Å²) in [7, 11) is 0. The van der Waals surface area contributed by atoms with Gasteiger partial charge in [-0.1, -0.05) is 245 Å². The van der Waals surface area contributed by atoms with Gasteiger partial charge in [-0.3, -0.25) is 0 Å². The van der Waals surface area contributed by atoms with Gasteiger partial charge in [0, 0.05) is 6.42 Å². The van der Waals surface area contributed by atoms with Crippen LogP contribution in [0.25, 0.3) is 0 Å². The lowest BCUT2D eigenvalue weighted by atomic mass is 10.0. The van der Waals surface area contributed by atoms with Crippen LogP contribution in [0.4, 0.5) is 0 Å². The molecule has 0 aromatic carbocycles. The zero-order valence-corrected chi connectivity index (χ0v) is 36.0. The van der Waals surface area contributed by atoms with Crippen LogP contribution in [0.2, 0.25) is 0 Å². The molecule has 0 atom stereocenters. The van der Waals surface area contributed by atoms with Crippen LogP contribution < -0.4 is 4.57 Å². The van der Waals surface area contributed by atoms with Gasteiger partial charge in [-0.25, -0.2) is 9.13 Å². The summed E-state index contributed by atoms with van der Waals surface area (Å²) in [6.45, 7) is 9.41. The largest absolute Gasteiger partial charge is 0.256 e. The van der Waals surface area contributed by atoms with E-state index in [1.165, 1.54) is 276 Å². The minimum absolute atomic E-state index is 1.23. The van der Waals surface area contributed by atoms with E-state index in [9.17, 15) is 0 Å². The zero-order valence-electron chi connectivity index (χ0n) is 36.0. The zero-order chi connectivity index (χ0) is 36.6. The fraction of sp³-hybridized carbons (Fsp3) is 0.939. The molecule has 1 heterocycles. The second-order valence-corrected chi connectivity index (χ2v) is 16.9. The molecule has 1 rings (SSSR count). The van der Waals surface area contributed by atoms with Gasteiger partial charge in [0.15, 0.2) is 0 Å². The molecule has 51 heavy (non-hydrogen) atoms. The second-order valence-electron chi connectivity index (χ2n) is 16.9. The lowest BCUT2D eigenvalue weighted by Crippen LogP contribution is -2.37. The Labute approximate surface area is 323 Å². The molecular weight excluding hydrogens is 617 g/mol. The molecule has 1 aromatic heterocycles. The van der Waals surface area contributed by atoms with E-state index in [-0.39, 0.29) is 0 Å². The molecule has 0 saturated heterocycles. The van der Waals surface area contributed by atoms with E-state index in [0.717, 1.165) is 0 Å². The van der Waals surface area contributed by atoms with Crippen molar-refractivity contribution in [3.8, 4) is 0 Å². The standard InChI is InChI=1S/C49H97N2/c1-4-7-10-13-16-19-21-23-25-26-27-28-30-32-35-38-41-44-49-50(45-42-39-36-33-18-15-12-9-6-3)47-48-51(49)46-43-40-37-34-31-29-24-22-20-17-14-11-8-5-2/h47-48H,4-46H2,1-3H3/q+1. The molecule has 2 nitrogen and oxygen atoms in total. The van der Waals surface area contributed by atoms with Crippen molar-refractivity contribution in [3.05, 3.63) is 18.2 Å². The van der Waals surface area contributed by atoms with Crippen LogP contribution in [0.5, 0.6) is 0 Å². The second kappa shape index (κ2) is 40.4. The van der Waals surface area contributed by atoms with Crippen molar-refractivity contribution < 1.29 is 4.57 Å². The van der Waals surface area contributed by atoms with Crippen LogP contribution in [0.3, 0.4) is 0 Å². The highest BCUT2D eigenvalue weighted by Crippen LogP contribution is 2.17. The predicted molar refractivity (Wildman–Crippen MR) is 230 cm³/mol. The highest BCUT2D eigenvalue weighted by Gasteiger charge is 2.16. The summed E-state index contributed by atoms with van der Waals surface area (Å²) < 4.78 is 5.30. The molecule has 0 aliphatic rings. The van der Waals surface area contributed by atoms with Gasteiger partial charge in [-0.15, -0.1) is 0 Å². The van der Waals surface area contributed by atoms with Crippen LogP contribution in [0.15, 0.2) is 12.4 Å². The molecular formula is C49H97N2+. The lowest BCUT2D eigenvalue weighted by Gasteiger charge is -2.07. The third-order valence-electron chi connectivity index (χ3n) is 11.8. The molecule has 2 heteroatoms. The maximum atomic E-state index is 2.65. The fourth-order valence-corrected chi connectivity index (χ4v) is 8.27. The Morgan fingerprint density at radius 3 is 0.941 bits per heavy atom. The average molecular weight is 714 g/mol. The molecule has 0 bridgehead atoms. The van der Waals surface area contributed by atoms with Crippen molar-refractivity contribution in [1.82, 2.24) is 4.57 Å². The molecule has 0 unspecified atom stereocenters. The van der Waals surface area contributed by atoms with Crippen molar-refractivity contribution >= 4 is 0 Å². The Hall–Kier alpha value is -0.790. The number of unbranched alkanes of at least 4 members (excludes halogenated alkanes) is 37. The molecule has 0 N–H and O–H groups in total. The van der Waals surface area contributed by atoms with E-state index in [1.54, 1.807) is 5.82 Å². The molecule has 0 saturated carbocycles. The van der Waals surface area contributed by atoms with E-state index in [4.69, 9.17) is 0 Å². The number of rotatable bonds is 43. The summed E-state index contributed by atoms with van der Waals surface area (Å²) in [5, 5.41) is 0. The van der Waals surface area contributed by atoms with Crippen molar-refractivity contribution in [2.24, 2.45) is 0 Å². The Balaban J connectivity index is 2.23. The Morgan fingerprint density at radius 1 is 0.333 bits per heavy atom. The molecule has 0 spiro atoms.